The predicted molar refractivity (Wildman–Crippen MR) is 101 cm³/mol. The molecule has 136 valence electrons. The molecule has 5 heteroatoms. The molecule has 2 aromatic rings. The van der Waals surface area contributed by atoms with E-state index in [-0.39, 0.29) is 24.4 Å². The summed E-state index contributed by atoms with van der Waals surface area (Å²) in [5.41, 5.74) is 3.93. The van der Waals surface area contributed by atoms with E-state index in [0.717, 1.165) is 48.4 Å². The van der Waals surface area contributed by atoms with Gasteiger partial charge in [-0.05, 0) is 36.1 Å². The SMILES string of the molecule is O=C(CN1CCC(O)CC1)N1c2ccccc2C=Cc2ccccc21.[Cl-]. The number of rotatable bonds is 2. The van der Waals surface area contributed by atoms with Crippen LogP contribution in [0, 0.1) is 0 Å². The van der Waals surface area contributed by atoms with E-state index in [1.165, 1.54) is 0 Å². The molecule has 1 amide bonds. The molecule has 2 aliphatic heterocycles. The fourth-order valence-electron chi connectivity index (χ4n) is 3.58. The van der Waals surface area contributed by atoms with Gasteiger partial charge in [0, 0.05) is 13.1 Å². The summed E-state index contributed by atoms with van der Waals surface area (Å²) in [4.78, 5) is 17.2. The maximum atomic E-state index is 13.2. The van der Waals surface area contributed by atoms with Gasteiger partial charge in [0.25, 0.3) is 0 Å². The second kappa shape index (κ2) is 8.04. The van der Waals surface area contributed by atoms with Crippen molar-refractivity contribution in [3.05, 3.63) is 59.7 Å². The van der Waals surface area contributed by atoms with Crippen molar-refractivity contribution in [1.82, 2.24) is 4.90 Å². The van der Waals surface area contributed by atoms with Gasteiger partial charge in [0.1, 0.15) is 0 Å². The average molecular weight is 370 g/mol. The number of para-hydroxylation sites is 2. The third-order valence-electron chi connectivity index (χ3n) is 4.96. The lowest BCUT2D eigenvalue weighted by molar-refractivity contribution is -0.119. The fraction of sp³-hybridized carbons (Fsp3) is 0.286. The topological polar surface area (TPSA) is 43.8 Å². The molecule has 0 unspecified atom stereocenters. The van der Waals surface area contributed by atoms with Gasteiger partial charge in [0.15, 0.2) is 0 Å². The van der Waals surface area contributed by atoms with Crippen molar-refractivity contribution in [1.29, 1.82) is 0 Å². The molecule has 0 spiro atoms. The predicted octanol–water partition coefficient (Wildman–Crippen LogP) is 0.296. The maximum Gasteiger partial charge on any atom is 0.245 e. The van der Waals surface area contributed by atoms with E-state index in [9.17, 15) is 9.90 Å². The Morgan fingerprint density at radius 3 is 1.96 bits per heavy atom. The van der Waals surface area contributed by atoms with Gasteiger partial charge < -0.3 is 17.5 Å². The van der Waals surface area contributed by atoms with E-state index in [0.29, 0.717) is 6.54 Å². The molecule has 1 saturated heterocycles. The number of nitrogens with zero attached hydrogens (tertiary/aromatic N) is 2. The lowest BCUT2D eigenvalue weighted by atomic mass is 10.1. The standard InChI is InChI=1S/C21H22N2O2.ClH/c24-18-11-13-22(14-12-18)15-21(25)23-19-7-3-1-5-16(19)9-10-17-6-2-4-8-20(17)23;/h1-10,18,24H,11-15H2;1H/p-1. The minimum Gasteiger partial charge on any atom is -1.00 e. The first kappa shape index (κ1) is 18.6. The van der Waals surface area contributed by atoms with Crippen molar-refractivity contribution < 1.29 is 22.3 Å². The number of aliphatic hydroxyl groups excluding tert-OH is 1. The second-order valence-corrected chi connectivity index (χ2v) is 6.69. The monoisotopic (exact) mass is 369 g/mol. The molecule has 0 radical (unpaired) electrons. The van der Waals surface area contributed by atoms with Crippen molar-refractivity contribution >= 4 is 29.4 Å². The van der Waals surface area contributed by atoms with Crippen molar-refractivity contribution in [2.75, 3.05) is 24.5 Å². The Kier molecular flexibility index (Phi) is 5.77. The number of hydrogen-bond acceptors (Lipinski definition) is 3. The number of benzene rings is 2. The highest BCUT2D eigenvalue weighted by Crippen LogP contribution is 2.36. The molecule has 2 heterocycles. The highest BCUT2D eigenvalue weighted by Gasteiger charge is 2.26. The zero-order valence-corrected chi connectivity index (χ0v) is 15.3. The van der Waals surface area contributed by atoms with Crippen LogP contribution in [-0.2, 0) is 4.79 Å². The van der Waals surface area contributed by atoms with Gasteiger partial charge in [-0.1, -0.05) is 48.6 Å². The average Bonchev–Trinajstić information content (AvgIpc) is 2.80. The summed E-state index contributed by atoms with van der Waals surface area (Å²) in [6, 6.07) is 16.0. The van der Waals surface area contributed by atoms with Crippen LogP contribution < -0.4 is 17.3 Å². The fourth-order valence-corrected chi connectivity index (χ4v) is 3.58. The number of anilines is 2. The Morgan fingerprint density at radius 2 is 1.42 bits per heavy atom. The van der Waals surface area contributed by atoms with E-state index >= 15 is 0 Å². The van der Waals surface area contributed by atoms with Crippen molar-refractivity contribution in [3.8, 4) is 0 Å². The summed E-state index contributed by atoms with van der Waals surface area (Å²) in [6.45, 7) is 1.90. The summed E-state index contributed by atoms with van der Waals surface area (Å²) in [7, 11) is 0. The highest BCUT2D eigenvalue weighted by atomic mass is 35.5. The highest BCUT2D eigenvalue weighted by molar-refractivity contribution is 6.07. The van der Waals surface area contributed by atoms with Gasteiger partial charge in [-0.3, -0.25) is 14.6 Å². The molecule has 0 bridgehead atoms. The number of fused-ring (bicyclic) bond motifs is 2. The van der Waals surface area contributed by atoms with Gasteiger partial charge in [0.05, 0.1) is 24.0 Å². The Balaban J connectivity index is 0.00000196. The number of amides is 1. The van der Waals surface area contributed by atoms with Crippen LogP contribution in [0.3, 0.4) is 0 Å². The molecule has 1 N–H and O–H groups in total. The molecule has 2 aliphatic rings. The van der Waals surface area contributed by atoms with Crippen LogP contribution in [0.15, 0.2) is 48.5 Å². The Morgan fingerprint density at radius 1 is 0.923 bits per heavy atom. The Labute approximate surface area is 160 Å². The van der Waals surface area contributed by atoms with Crippen molar-refractivity contribution in [2.24, 2.45) is 0 Å². The number of carbonyl (C=O) groups excluding carboxylic acids is 1. The van der Waals surface area contributed by atoms with Gasteiger partial charge in [-0.2, -0.15) is 0 Å². The minimum absolute atomic E-state index is 0. The van der Waals surface area contributed by atoms with Gasteiger partial charge in [-0.15, -0.1) is 0 Å². The van der Waals surface area contributed by atoms with E-state index in [4.69, 9.17) is 0 Å². The molecule has 0 saturated carbocycles. The lowest BCUT2D eigenvalue weighted by Crippen LogP contribution is -3.00. The number of halogens is 1. The number of carbonyl (C=O) groups is 1. The summed E-state index contributed by atoms with van der Waals surface area (Å²) in [6.07, 6.45) is 5.39. The first-order valence-corrected chi connectivity index (χ1v) is 8.82. The van der Waals surface area contributed by atoms with Crippen LogP contribution in [0.1, 0.15) is 24.0 Å². The number of likely N-dealkylation sites (tertiary alicyclic amines) is 1. The zero-order chi connectivity index (χ0) is 17.2. The van der Waals surface area contributed by atoms with Crippen molar-refractivity contribution in [2.45, 2.75) is 18.9 Å². The zero-order valence-electron chi connectivity index (χ0n) is 14.5. The van der Waals surface area contributed by atoms with Crippen LogP contribution in [0.5, 0.6) is 0 Å². The van der Waals surface area contributed by atoms with Crippen LogP contribution >= 0.6 is 0 Å². The van der Waals surface area contributed by atoms with Gasteiger partial charge in [-0.25, -0.2) is 0 Å². The quantitative estimate of drug-likeness (QED) is 0.828. The number of piperidine rings is 1. The minimum atomic E-state index is -0.227. The molecule has 2 aromatic carbocycles. The van der Waals surface area contributed by atoms with Crippen molar-refractivity contribution in [3.63, 3.8) is 0 Å². The van der Waals surface area contributed by atoms with E-state index < -0.39 is 0 Å². The Hall–Kier alpha value is -2.14. The summed E-state index contributed by atoms with van der Waals surface area (Å²) < 4.78 is 0. The third kappa shape index (κ3) is 3.68. The molecule has 4 rings (SSSR count). The van der Waals surface area contributed by atoms with E-state index in [1.54, 1.807) is 0 Å². The van der Waals surface area contributed by atoms with Gasteiger partial charge >= 0.3 is 0 Å². The molecular formula is C21H22ClN2O2-. The number of aliphatic hydroxyl groups is 1. The summed E-state index contributed by atoms with van der Waals surface area (Å²) in [5, 5.41) is 9.68. The molecule has 4 nitrogen and oxygen atoms in total. The largest absolute Gasteiger partial charge is 1.00 e. The number of hydrogen-bond donors (Lipinski definition) is 1. The molecule has 26 heavy (non-hydrogen) atoms. The summed E-state index contributed by atoms with van der Waals surface area (Å²) in [5.74, 6) is 0.0694. The van der Waals surface area contributed by atoms with Gasteiger partial charge in [0.2, 0.25) is 5.91 Å². The normalized spacial score (nSPS) is 17.0. The molecule has 1 fully saturated rings. The first-order valence-electron chi connectivity index (χ1n) is 8.82. The van der Waals surface area contributed by atoms with Crippen LogP contribution in [0.4, 0.5) is 11.4 Å². The lowest BCUT2D eigenvalue weighted by Gasteiger charge is -2.32. The van der Waals surface area contributed by atoms with Crippen LogP contribution in [-0.4, -0.2) is 41.7 Å². The second-order valence-electron chi connectivity index (χ2n) is 6.69. The summed E-state index contributed by atoms with van der Waals surface area (Å²) >= 11 is 0. The molecule has 0 atom stereocenters. The van der Waals surface area contributed by atoms with Crippen LogP contribution in [0.2, 0.25) is 0 Å². The maximum absolute atomic E-state index is 13.2. The molecule has 0 aromatic heterocycles. The van der Waals surface area contributed by atoms with E-state index in [2.05, 4.69) is 17.1 Å². The molecular weight excluding hydrogens is 348 g/mol. The smallest absolute Gasteiger partial charge is 0.245 e. The molecule has 0 aliphatic carbocycles. The third-order valence-corrected chi connectivity index (χ3v) is 4.96. The Bertz CT molecular complexity index is 764. The van der Waals surface area contributed by atoms with Crippen LogP contribution in [0.25, 0.3) is 12.2 Å². The first-order chi connectivity index (χ1) is 12.2. The van der Waals surface area contributed by atoms with E-state index in [1.807, 2.05) is 53.4 Å².